The van der Waals surface area contributed by atoms with Crippen molar-refractivity contribution < 1.29 is 0 Å². The highest BCUT2D eigenvalue weighted by atomic mass is 16.1. The van der Waals surface area contributed by atoms with Crippen molar-refractivity contribution in [1.82, 2.24) is 9.13 Å². The van der Waals surface area contributed by atoms with Crippen LogP contribution >= 0.6 is 0 Å². The summed E-state index contributed by atoms with van der Waals surface area (Å²) in [5.41, 5.74) is 7.40. The number of imidazole rings is 1. The molecular weight excluding hydrogens is 190 g/mol. The minimum Gasteiger partial charge on any atom is -0.399 e. The molecule has 0 aliphatic rings. The summed E-state index contributed by atoms with van der Waals surface area (Å²) in [4.78, 5) is 11.6. The Morgan fingerprint density at radius 3 is 2.73 bits per heavy atom. The van der Waals surface area contributed by atoms with Gasteiger partial charge in [-0.2, -0.15) is 0 Å². The Balaban J connectivity index is 2.30. The van der Waals surface area contributed by atoms with Gasteiger partial charge in [0, 0.05) is 25.1 Å². The lowest BCUT2D eigenvalue weighted by molar-refractivity contribution is 0.718. The first-order chi connectivity index (χ1) is 7.16. The van der Waals surface area contributed by atoms with Crippen LogP contribution in [0.5, 0.6) is 0 Å². The van der Waals surface area contributed by atoms with Gasteiger partial charge in [-0.15, -0.1) is 0 Å². The van der Waals surface area contributed by atoms with E-state index >= 15 is 0 Å². The maximum Gasteiger partial charge on any atom is 0.328 e. The van der Waals surface area contributed by atoms with E-state index in [1.165, 1.54) is 0 Å². The zero-order chi connectivity index (χ0) is 10.8. The van der Waals surface area contributed by atoms with Gasteiger partial charge >= 0.3 is 5.69 Å². The molecule has 1 aromatic carbocycles. The molecule has 0 saturated heterocycles. The Kier molecular flexibility index (Phi) is 2.33. The van der Waals surface area contributed by atoms with Gasteiger partial charge in [0.15, 0.2) is 0 Å². The first kappa shape index (κ1) is 9.58. The van der Waals surface area contributed by atoms with E-state index in [0.717, 1.165) is 11.3 Å². The average Bonchev–Trinajstić information content (AvgIpc) is 2.50. The van der Waals surface area contributed by atoms with Crippen molar-refractivity contribution in [2.45, 2.75) is 6.54 Å². The predicted molar refractivity (Wildman–Crippen MR) is 59.6 cm³/mol. The summed E-state index contributed by atoms with van der Waals surface area (Å²) in [5, 5.41) is 0. The number of anilines is 1. The lowest BCUT2D eigenvalue weighted by atomic mass is 10.2. The molecule has 0 saturated carbocycles. The van der Waals surface area contributed by atoms with Gasteiger partial charge in [-0.3, -0.25) is 4.57 Å². The highest BCUT2D eigenvalue weighted by molar-refractivity contribution is 5.40. The second-order valence-corrected chi connectivity index (χ2v) is 3.56. The number of hydrogen-bond donors (Lipinski definition) is 1. The van der Waals surface area contributed by atoms with Gasteiger partial charge in [-0.05, 0) is 17.7 Å². The van der Waals surface area contributed by atoms with Crippen molar-refractivity contribution in [2.24, 2.45) is 7.05 Å². The molecule has 0 fully saturated rings. The zero-order valence-corrected chi connectivity index (χ0v) is 8.55. The van der Waals surface area contributed by atoms with Gasteiger partial charge in [0.25, 0.3) is 0 Å². The van der Waals surface area contributed by atoms with Crippen LogP contribution in [-0.4, -0.2) is 9.13 Å². The molecule has 1 heterocycles. The van der Waals surface area contributed by atoms with Crippen LogP contribution in [0.1, 0.15) is 5.56 Å². The second-order valence-electron chi connectivity index (χ2n) is 3.56. The minimum atomic E-state index is -0.0163. The van der Waals surface area contributed by atoms with Crippen molar-refractivity contribution in [1.29, 1.82) is 0 Å². The molecule has 78 valence electrons. The van der Waals surface area contributed by atoms with Gasteiger partial charge in [0.2, 0.25) is 0 Å². The van der Waals surface area contributed by atoms with Crippen molar-refractivity contribution in [3.05, 3.63) is 52.7 Å². The van der Waals surface area contributed by atoms with E-state index in [0.29, 0.717) is 6.54 Å². The van der Waals surface area contributed by atoms with Crippen LogP contribution in [0.2, 0.25) is 0 Å². The standard InChI is InChI=1S/C11H13N3O/c1-13-5-6-14(11(13)15)8-9-3-2-4-10(12)7-9/h2-7H,8,12H2,1H3. The van der Waals surface area contributed by atoms with Gasteiger partial charge in [-0.25, -0.2) is 4.79 Å². The molecule has 0 aliphatic carbocycles. The Bertz CT molecular complexity index is 525. The maximum atomic E-state index is 11.6. The third kappa shape index (κ3) is 1.93. The van der Waals surface area contributed by atoms with Crippen molar-refractivity contribution in [3.8, 4) is 0 Å². The molecule has 0 radical (unpaired) electrons. The van der Waals surface area contributed by atoms with Crippen LogP contribution < -0.4 is 11.4 Å². The Morgan fingerprint density at radius 2 is 2.13 bits per heavy atom. The van der Waals surface area contributed by atoms with Gasteiger partial charge in [0.05, 0.1) is 6.54 Å². The maximum absolute atomic E-state index is 11.6. The van der Waals surface area contributed by atoms with Crippen LogP contribution in [0.3, 0.4) is 0 Å². The molecular formula is C11H13N3O. The van der Waals surface area contributed by atoms with Gasteiger partial charge in [0.1, 0.15) is 0 Å². The van der Waals surface area contributed by atoms with Crippen LogP contribution in [0.25, 0.3) is 0 Å². The number of nitrogen functional groups attached to an aromatic ring is 1. The van der Waals surface area contributed by atoms with Crippen molar-refractivity contribution >= 4 is 5.69 Å². The predicted octanol–water partition coefficient (Wildman–Crippen LogP) is 0.817. The molecule has 0 unspecified atom stereocenters. The Morgan fingerprint density at radius 1 is 1.33 bits per heavy atom. The van der Waals surface area contributed by atoms with Crippen molar-refractivity contribution in [2.75, 3.05) is 5.73 Å². The zero-order valence-electron chi connectivity index (χ0n) is 8.55. The summed E-state index contributed by atoms with van der Waals surface area (Å²) in [6.45, 7) is 0.560. The van der Waals surface area contributed by atoms with Gasteiger partial charge < -0.3 is 10.3 Å². The smallest absolute Gasteiger partial charge is 0.328 e. The third-order valence-corrected chi connectivity index (χ3v) is 2.32. The molecule has 1 aromatic heterocycles. The van der Waals surface area contributed by atoms with Gasteiger partial charge in [-0.1, -0.05) is 12.1 Å². The first-order valence-corrected chi connectivity index (χ1v) is 4.73. The number of hydrogen-bond acceptors (Lipinski definition) is 2. The molecule has 0 bridgehead atoms. The fourth-order valence-electron chi connectivity index (χ4n) is 1.52. The number of rotatable bonds is 2. The molecule has 4 nitrogen and oxygen atoms in total. The Labute approximate surface area is 87.6 Å². The van der Waals surface area contributed by atoms with E-state index in [-0.39, 0.29) is 5.69 Å². The summed E-state index contributed by atoms with van der Waals surface area (Å²) < 4.78 is 3.20. The van der Waals surface area contributed by atoms with Crippen molar-refractivity contribution in [3.63, 3.8) is 0 Å². The van der Waals surface area contributed by atoms with Crippen LogP contribution in [0.4, 0.5) is 5.69 Å². The third-order valence-electron chi connectivity index (χ3n) is 2.32. The summed E-state index contributed by atoms with van der Waals surface area (Å²) in [6, 6.07) is 7.55. The summed E-state index contributed by atoms with van der Waals surface area (Å²) >= 11 is 0. The van der Waals surface area contributed by atoms with E-state index in [1.807, 2.05) is 24.3 Å². The van der Waals surface area contributed by atoms with E-state index in [2.05, 4.69) is 0 Å². The quantitative estimate of drug-likeness (QED) is 0.734. The molecule has 0 aliphatic heterocycles. The number of aromatic nitrogens is 2. The molecule has 15 heavy (non-hydrogen) atoms. The molecule has 2 N–H and O–H groups in total. The highest BCUT2D eigenvalue weighted by Gasteiger charge is 2.00. The van der Waals surface area contributed by atoms with Crippen LogP contribution in [-0.2, 0) is 13.6 Å². The summed E-state index contributed by atoms with van der Waals surface area (Å²) in [6.07, 6.45) is 3.51. The fourth-order valence-corrected chi connectivity index (χ4v) is 1.52. The van der Waals surface area contributed by atoms with Crippen LogP contribution in [0, 0.1) is 0 Å². The highest BCUT2D eigenvalue weighted by Crippen LogP contribution is 2.07. The minimum absolute atomic E-state index is 0.0163. The largest absolute Gasteiger partial charge is 0.399 e. The number of nitrogens with zero attached hydrogens (tertiary/aromatic N) is 2. The topological polar surface area (TPSA) is 52.9 Å². The van der Waals surface area contributed by atoms with E-state index in [1.54, 1.807) is 28.6 Å². The fraction of sp³-hybridized carbons (Fsp3) is 0.182. The molecule has 0 amide bonds. The molecule has 2 aromatic rings. The second kappa shape index (κ2) is 3.65. The van der Waals surface area contributed by atoms with E-state index in [9.17, 15) is 4.79 Å². The monoisotopic (exact) mass is 203 g/mol. The number of aryl methyl sites for hydroxylation is 1. The van der Waals surface area contributed by atoms with E-state index < -0.39 is 0 Å². The molecule has 0 atom stereocenters. The normalized spacial score (nSPS) is 10.5. The van der Waals surface area contributed by atoms with Crippen LogP contribution in [0.15, 0.2) is 41.5 Å². The lowest BCUT2D eigenvalue weighted by Crippen LogP contribution is -2.22. The molecule has 0 spiro atoms. The summed E-state index contributed by atoms with van der Waals surface area (Å²) in [7, 11) is 1.73. The average molecular weight is 203 g/mol. The SMILES string of the molecule is Cn1ccn(Cc2cccc(N)c2)c1=O. The summed E-state index contributed by atoms with van der Waals surface area (Å²) in [5.74, 6) is 0. The van der Waals surface area contributed by atoms with E-state index in [4.69, 9.17) is 5.73 Å². The Hall–Kier alpha value is -1.97. The lowest BCUT2D eigenvalue weighted by Gasteiger charge is -2.02. The first-order valence-electron chi connectivity index (χ1n) is 4.73. The molecule has 2 rings (SSSR count). The number of benzene rings is 1. The number of nitrogens with two attached hydrogens (primary N) is 1. The molecule has 4 heteroatoms.